The van der Waals surface area contributed by atoms with Crippen LogP contribution in [0.3, 0.4) is 0 Å². The average molecular weight is 596 g/mol. The second-order valence-corrected chi connectivity index (χ2v) is 12.1. The summed E-state index contributed by atoms with van der Waals surface area (Å²) in [6.45, 7) is 3.71. The summed E-state index contributed by atoms with van der Waals surface area (Å²) in [5.41, 5.74) is 1.48. The summed E-state index contributed by atoms with van der Waals surface area (Å²) < 4.78 is 64.8. The Morgan fingerprint density at radius 3 is 1.68 bits per heavy atom. The number of rotatable bonds is 10. The zero-order valence-electron chi connectivity index (χ0n) is 21.8. The number of benzene rings is 4. The lowest BCUT2D eigenvalue weighted by molar-refractivity contribution is -0.111. The maximum Gasteiger partial charge on any atom is 0.294 e. The highest BCUT2D eigenvalue weighted by Gasteiger charge is 2.20. The van der Waals surface area contributed by atoms with E-state index in [4.69, 9.17) is 4.55 Å². The van der Waals surface area contributed by atoms with Gasteiger partial charge in [0.2, 0.25) is 0 Å². The predicted octanol–water partition coefficient (Wildman–Crippen LogP) is 6.94. The summed E-state index contributed by atoms with van der Waals surface area (Å²) in [7, 11) is -8.89. The standard InChI is InChI=1S/C27H25N5O7S2/c1-3-27(2,17-33)28-18-4-6-19(7-5-18)29-31-25-14-15-26(24-16-22(41(37,38)39)12-13-23(24)25)32-30-20-8-10-21(11-9-20)40(34,35)36/h4-17,28H,3H2,1-2H3,(H,34,35,36)(H,37,38,39). The molecule has 0 fully saturated rings. The minimum Gasteiger partial charge on any atom is -0.373 e. The molecule has 0 aliphatic carbocycles. The highest BCUT2D eigenvalue weighted by Crippen LogP contribution is 2.37. The van der Waals surface area contributed by atoms with Crippen molar-refractivity contribution in [2.24, 2.45) is 20.5 Å². The number of azo groups is 2. The Balaban J connectivity index is 1.68. The summed E-state index contributed by atoms with van der Waals surface area (Å²) in [4.78, 5) is 10.7. The van der Waals surface area contributed by atoms with Crippen LogP contribution < -0.4 is 5.32 Å². The maximum atomic E-state index is 11.8. The summed E-state index contributed by atoms with van der Waals surface area (Å²) in [5, 5.41) is 20.8. The molecule has 3 N–H and O–H groups in total. The van der Waals surface area contributed by atoms with Crippen molar-refractivity contribution in [2.45, 2.75) is 35.6 Å². The normalized spacial score (nSPS) is 14.0. The summed E-state index contributed by atoms with van der Waals surface area (Å²) in [6, 6.07) is 19.1. The van der Waals surface area contributed by atoms with E-state index in [9.17, 15) is 26.2 Å². The number of fused-ring (bicyclic) bond motifs is 1. The Morgan fingerprint density at radius 2 is 1.20 bits per heavy atom. The molecule has 41 heavy (non-hydrogen) atoms. The lowest BCUT2D eigenvalue weighted by Crippen LogP contribution is -2.35. The highest BCUT2D eigenvalue weighted by atomic mass is 32.2. The second-order valence-electron chi connectivity index (χ2n) is 9.22. The Bertz CT molecular complexity index is 1870. The Labute approximate surface area is 236 Å². The van der Waals surface area contributed by atoms with Crippen LogP contribution >= 0.6 is 0 Å². The number of carbonyl (C=O) groups excluding carboxylic acids is 1. The van der Waals surface area contributed by atoms with Crippen molar-refractivity contribution < 1.29 is 30.7 Å². The molecule has 0 aliphatic rings. The first-order valence-electron chi connectivity index (χ1n) is 12.1. The average Bonchev–Trinajstić information content (AvgIpc) is 2.95. The molecule has 12 nitrogen and oxygen atoms in total. The van der Waals surface area contributed by atoms with Gasteiger partial charge in [-0.3, -0.25) is 9.11 Å². The topological polar surface area (TPSA) is 187 Å². The molecule has 0 saturated heterocycles. The number of nitrogens with zero attached hydrogens (tertiary/aromatic N) is 4. The number of anilines is 1. The van der Waals surface area contributed by atoms with Crippen LogP contribution in [0, 0.1) is 0 Å². The van der Waals surface area contributed by atoms with E-state index in [1.807, 2.05) is 6.92 Å². The maximum absolute atomic E-state index is 11.8. The van der Waals surface area contributed by atoms with Crippen molar-refractivity contribution in [3.63, 3.8) is 0 Å². The monoisotopic (exact) mass is 595 g/mol. The first kappa shape index (κ1) is 29.6. The minimum atomic E-state index is -4.52. The van der Waals surface area contributed by atoms with Crippen LogP contribution in [0.1, 0.15) is 20.3 Å². The third kappa shape index (κ3) is 7.24. The van der Waals surface area contributed by atoms with Crippen LogP contribution in [-0.2, 0) is 25.0 Å². The Hall–Kier alpha value is -4.37. The molecule has 0 amide bonds. The van der Waals surface area contributed by atoms with Gasteiger partial charge in [0.1, 0.15) is 6.29 Å². The van der Waals surface area contributed by atoms with Crippen LogP contribution in [0.5, 0.6) is 0 Å². The molecule has 14 heteroatoms. The number of carbonyl (C=O) groups is 1. The van der Waals surface area contributed by atoms with Gasteiger partial charge < -0.3 is 10.1 Å². The lowest BCUT2D eigenvalue weighted by Gasteiger charge is -2.24. The molecule has 1 atom stereocenters. The van der Waals surface area contributed by atoms with E-state index in [1.165, 1.54) is 30.3 Å². The number of nitrogens with one attached hydrogen (secondary N) is 1. The molecule has 0 radical (unpaired) electrons. The fourth-order valence-corrected chi connectivity index (χ4v) is 4.67. The van der Waals surface area contributed by atoms with Crippen molar-refractivity contribution >= 4 is 65.7 Å². The van der Waals surface area contributed by atoms with Crippen LogP contribution in [0.15, 0.2) is 109 Å². The minimum absolute atomic E-state index is 0.243. The molecule has 4 rings (SSSR count). The van der Waals surface area contributed by atoms with Gasteiger partial charge in [0.05, 0.1) is 38.1 Å². The fraction of sp³-hybridized carbons (Fsp3) is 0.148. The predicted molar refractivity (Wildman–Crippen MR) is 153 cm³/mol. The second kappa shape index (κ2) is 11.6. The van der Waals surface area contributed by atoms with Crippen LogP contribution in [0.2, 0.25) is 0 Å². The van der Waals surface area contributed by atoms with Gasteiger partial charge in [-0.2, -0.15) is 27.1 Å². The smallest absolute Gasteiger partial charge is 0.294 e. The summed E-state index contributed by atoms with van der Waals surface area (Å²) in [5.74, 6) is 0. The van der Waals surface area contributed by atoms with Gasteiger partial charge in [-0.1, -0.05) is 13.0 Å². The Kier molecular flexibility index (Phi) is 8.39. The first-order chi connectivity index (χ1) is 19.3. The first-order valence-corrected chi connectivity index (χ1v) is 15.0. The van der Waals surface area contributed by atoms with Gasteiger partial charge in [-0.15, -0.1) is 10.2 Å². The molecule has 0 saturated carbocycles. The third-order valence-electron chi connectivity index (χ3n) is 6.21. The van der Waals surface area contributed by atoms with Crippen molar-refractivity contribution in [3.8, 4) is 0 Å². The summed E-state index contributed by atoms with van der Waals surface area (Å²) in [6.07, 6.45) is 1.47. The SMILES string of the molecule is CCC(C)(C=O)Nc1ccc(N=Nc2ccc(N=Nc3ccc(S(=O)(=O)O)cc3)c3cc(S(=O)(=O)O)ccc23)cc1. The van der Waals surface area contributed by atoms with Crippen molar-refractivity contribution in [1.29, 1.82) is 0 Å². The zero-order chi connectivity index (χ0) is 29.8. The highest BCUT2D eigenvalue weighted by molar-refractivity contribution is 7.86. The number of hydrogen-bond donors (Lipinski definition) is 3. The third-order valence-corrected chi connectivity index (χ3v) is 7.93. The largest absolute Gasteiger partial charge is 0.373 e. The number of aldehydes is 1. The van der Waals surface area contributed by atoms with Crippen LogP contribution in [0.25, 0.3) is 10.8 Å². The van der Waals surface area contributed by atoms with Gasteiger partial charge in [0.15, 0.2) is 0 Å². The lowest BCUT2D eigenvalue weighted by atomic mass is 10.0. The van der Waals surface area contributed by atoms with Gasteiger partial charge >= 0.3 is 0 Å². The van der Waals surface area contributed by atoms with E-state index in [0.717, 1.165) is 24.1 Å². The van der Waals surface area contributed by atoms with E-state index in [0.29, 0.717) is 28.6 Å². The van der Waals surface area contributed by atoms with Crippen LogP contribution in [-0.4, -0.2) is 37.8 Å². The van der Waals surface area contributed by atoms with Gasteiger partial charge in [0, 0.05) is 16.5 Å². The molecule has 0 heterocycles. The summed E-state index contributed by atoms with van der Waals surface area (Å²) >= 11 is 0. The molecule has 4 aromatic carbocycles. The molecule has 0 spiro atoms. The van der Waals surface area contributed by atoms with Crippen molar-refractivity contribution in [2.75, 3.05) is 5.32 Å². The van der Waals surface area contributed by atoms with Gasteiger partial charge in [-0.05, 0) is 86.1 Å². The molecular formula is C27H25N5O7S2. The van der Waals surface area contributed by atoms with E-state index >= 15 is 0 Å². The molecule has 1 unspecified atom stereocenters. The molecule has 0 aliphatic heterocycles. The van der Waals surface area contributed by atoms with E-state index < -0.39 is 25.8 Å². The molecule has 0 aromatic heterocycles. The molecule has 212 valence electrons. The van der Waals surface area contributed by atoms with Crippen LogP contribution in [0.4, 0.5) is 28.4 Å². The van der Waals surface area contributed by atoms with E-state index in [2.05, 4.69) is 25.8 Å². The number of hydrogen-bond acceptors (Lipinski definition) is 10. The van der Waals surface area contributed by atoms with E-state index in [-0.39, 0.29) is 21.2 Å². The van der Waals surface area contributed by atoms with Crippen molar-refractivity contribution in [1.82, 2.24) is 0 Å². The molecule has 0 bridgehead atoms. The quantitative estimate of drug-likeness (QED) is 0.0998. The fourth-order valence-electron chi connectivity index (χ4n) is 3.68. The molecular weight excluding hydrogens is 570 g/mol. The van der Waals surface area contributed by atoms with Crippen molar-refractivity contribution in [3.05, 3.63) is 78.9 Å². The Morgan fingerprint density at radius 1 is 0.707 bits per heavy atom. The van der Waals surface area contributed by atoms with Gasteiger partial charge in [0.25, 0.3) is 20.2 Å². The zero-order valence-corrected chi connectivity index (χ0v) is 23.5. The van der Waals surface area contributed by atoms with E-state index in [1.54, 1.807) is 43.3 Å². The molecule has 4 aromatic rings. The van der Waals surface area contributed by atoms with Gasteiger partial charge in [-0.25, -0.2) is 0 Å².